The molecule has 1 aliphatic rings. The van der Waals surface area contributed by atoms with Crippen molar-refractivity contribution in [1.82, 2.24) is 48.6 Å². The van der Waals surface area contributed by atoms with Gasteiger partial charge in [0.2, 0.25) is 0 Å². The van der Waals surface area contributed by atoms with Crippen molar-refractivity contribution in [3.8, 4) is 146 Å². The van der Waals surface area contributed by atoms with Crippen LogP contribution in [0.25, 0.3) is 223 Å². The number of pyridine rings is 2. The molecule has 556 valence electrons. The number of fused-ring (bicyclic) bond motifs is 13. The van der Waals surface area contributed by atoms with E-state index in [-0.39, 0.29) is 0 Å². The second-order valence-corrected chi connectivity index (χ2v) is 30.0. The molecule has 0 bridgehead atoms. The minimum Gasteiger partial charge on any atom is -0.455 e. The molecule has 1 aliphatic heterocycles. The first kappa shape index (κ1) is 69.8. The van der Waals surface area contributed by atoms with E-state index in [4.69, 9.17) is 49.3 Å². The van der Waals surface area contributed by atoms with Gasteiger partial charge in [0.15, 0.2) is 34.9 Å². The van der Waals surface area contributed by atoms with E-state index in [1.165, 1.54) is 11.7 Å². The predicted molar refractivity (Wildman–Crippen MR) is 481 cm³/mol. The molecule has 0 spiro atoms. The van der Waals surface area contributed by atoms with Gasteiger partial charge in [0.1, 0.15) is 28.9 Å². The molecule has 16 aromatic carbocycles. The van der Waals surface area contributed by atoms with E-state index < -0.39 is 0 Å². The number of furan rings is 1. The largest absolute Gasteiger partial charge is 0.455 e. The second kappa shape index (κ2) is 29.8. The molecule has 0 aliphatic carbocycles. The summed E-state index contributed by atoms with van der Waals surface area (Å²) in [6, 6.07) is 130. The van der Waals surface area contributed by atoms with Crippen molar-refractivity contribution in [3.63, 3.8) is 0 Å². The Hall–Kier alpha value is -15.9. The Morgan fingerprint density at radius 2 is 0.597 bits per heavy atom. The van der Waals surface area contributed by atoms with Crippen molar-refractivity contribution in [1.29, 1.82) is 0 Å². The predicted octanol–water partition coefficient (Wildman–Crippen LogP) is 24.9. The maximum atomic E-state index is 6.34. The maximum Gasteiger partial charge on any atom is 0.164 e. The van der Waals surface area contributed by atoms with Gasteiger partial charge in [-0.25, -0.2) is 39.9 Å². The van der Waals surface area contributed by atoms with Gasteiger partial charge in [-0.3, -0.25) is 9.98 Å². The zero-order valence-electron chi connectivity index (χ0n) is 63.7. The van der Waals surface area contributed by atoms with Gasteiger partial charge in [0.05, 0.1) is 44.9 Å². The summed E-state index contributed by atoms with van der Waals surface area (Å²) in [6.07, 6.45) is 0. The van der Waals surface area contributed by atoms with E-state index in [0.717, 1.165) is 199 Å². The number of hydrogen-bond acceptors (Lipinski definition) is 14. The molecule has 22 aromatic rings. The fourth-order valence-corrected chi connectivity index (χ4v) is 16.8. The zero-order chi connectivity index (χ0) is 78.7. The Bertz CT molecular complexity index is 7770. The summed E-state index contributed by atoms with van der Waals surface area (Å²) in [4.78, 5) is 49.9. The van der Waals surface area contributed by atoms with Crippen LogP contribution in [0.4, 0.5) is 0 Å². The highest BCUT2D eigenvalue weighted by atomic mass is 32.1. The molecule has 0 saturated carbocycles. The Kier molecular flexibility index (Phi) is 17.5. The Morgan fingerprint density at radius 3 is 1.10 bits per heavy atom. The summed E-state index contributed by atoms with van der Waals surface area (Å²) in [5, 5.41) is 10.6. The van der Waals surface area contributed by atoms with Crippen LogP contribution in [-0.2, 0) is 0 Å². The average molecular weight is 1540 g/mol. The van der Waals surface area contributed by atoms with Crippen molar-refractivity contribution in [2.24, 2.45) is 9.98 Å². The smallest absolute Gasteiger partial charge is 0.164 e. The van der Waals surface area contributed by atoms with Gasteiger partial charge in [0.25, 0.3) is 0 Å². The number of nitrogens with zero attached hydrogens (tertiary/aromatic N) is 12. The summed E-state index contributed by atoms with van der Waals surface area (Å²) >= 11 is 1.24. The van der Waals surface area contributed by atoms with E-state index >= 15 is 0 Å². The summed E-state index contributed by atoms with van der Waals surface area (Å²) in [6.45, 7) is 0.466. The van der Waals surface area contributed by atoms with Crippen molar-refractivity contribution < 1.29 is 4.42 Å². The maximum absolute atomic E-state index is 6.34. The zero-order valence-corrected chi connectivity index (χ0v) is 64.5. The van der Waals surface area contributed by atoms with Gasteiger partial charge >= 0.3 is 0 Å². The van der Waals surface area contributed by atoms with Crippen LogP contribution in [0, 0.1) is 0 Å². The molecule has 14 heteroatoms. The van der Waals surface area contributed by atoms with Crippen molar-refractivity contribution in [2.45, 2.75) is 0 Å². The highest BCUT2D eigenvalue weighted by molar-refractivity contribution is 7.00. The minimum absolute atomic E-state index is 0.466. The van der Waals surface area contributed by atoms with Gasteiger partial charge < -0.3 is 4.42 Å². The topological polar surface area (TPSA) is 167 Å². The molecule has 6 aromatic heterocycles. The lowest BCUT2D eigenvalue weighted by Crippen LogP contribution is -2.22. The standard InChI is InChI=1S/C53H32N6O.C52H32N6S/c1-2-9-36(10-3-1)51-57-52(59-53(58-51)38-27-21-34(22-28-38)39-13-8-14-41-40-11-5-7-16-46(40)60-50(39)41)37-25-19-33(20-26-37)32-17-23-35(24-18-32)48-43-29-30-45-49(55-31-54-45)47(43)42-12-4-6-15-44(42)56-48;1-4-12-33(13-5-1)40-30-41(34-14-6-2-7-15-34)32-42(31-40)52-55-50(38-16-8-3-9-17-38)54-51(56-52)39-26-22-36(23-27-39)35-20-24-37(25-21-35)48-44-28-29-46-49(58-59-57-46)47(44)43-18-10-11-19-45(43)53-48/h1-30H,31H2;1-32H. The number of hydrogen-bond donors (Lipinski definition) is 0. The molecule has 0 N–H and O–H groups in total. The third-order valence-electron chi connectivity index (χ3n) is 22.2. The molecule has 23 rings (SSSR count). The highest BCUT2D eigenvalue weighted by Crippen LogP contribution is 2.42. The number of rotatable bonds is 13. The van der Waals surface area contributed by atoms with E-state index in [0.29, 0.717) is 41.6 Å². The molecule has 13 nitrogen and oxygen atoms in total. The van der Waals surface area contributed by atoms with Crippen LogP contribution in [0.3, 0.4) is 0 Å². The van der Waals surface area contributed by atoms with Gasteiger partial charge in [-0.15, -0.1) is 0 Å². The molecule has 0 radical (unpaired) electrons. The quantitative estimate of drug-likeness (QED) is 0.101. The average Bonchev–Trinajstić information content (AvgIpc) is 1.73. The lowest BCUT2D eigenvalue weighted by molar-refractivity contribution is 0.670. The minimum atomic E-state index is 0.466. The van der Waals surface area contributed by atoms with Crippen LogP contribution in [0.1, 0.15) is 0 Å². The molecule has 7 heterocycles. The van der Waals surface area contributed by atoms with Gasteiger partial charge in [-0.2, -0.15) is 8.75 Å². The first-order chi connectivity index (χ1) is 58.9. The fraction of sp³-hybridized carbons (Fsp3) is 0.00952. The lowest BCUT2D eigenvalue weighted by atomic mass is 9.96. The van der Waals surface area contributed by atoms with Gasteiger partial charge in [-0.1, -0.05) is 315 Å². The monoisotopic (exact) mass is 1540 g/mol. The summed E-state index contributed by atoms with van der Waals surface area (Å²) in [5.74, 6) is 3.69. The Labute approximate surface area is 686 Å². The Morgan fingerprint density at radius 1 is 0.227 bits per heavy atom. The molecule has 0 saturated heterocycles. The summed E-state index contributed by atoms with van der Waals surface area (Å²) in [7, 11) is 0. The molecule has 0 fully saturated rings. The summed E-state index contributed by atoms with van der Waals surface area (Å²) < 4.78 is 15.5. The molecule has 0 unspecified atom stereocenters. The number of benzene rings is 16. The van der Waals surface area contributed by atoms with E-state index in [2.05, 4.69) is 281 Å². The SMILES string of the molecule is c1ccc(-c2cc(-c3ccccc3)cc(-c3nc(-c4ccccc4)nc(-c4ccc(-c5ccc(-c6nc7ccccc7c7c6ccc6nsnc67)cc5)cc4)n3)c2)cc1.c1ccc(-c2nc(-c3ccc(-c4ccc(-c5nc6ccccc6c6c7c(ccc56)=NCN=7)cc4)cc3)nc(-c3ccc(-c4cccc5c4oc4ccccc45)cc3)n2)cc1. The molecule has 0 amide bonds. The van der Waals surface area contributed by atoms with Crippen LogP contribution >= 0.6 is 11.7 Å². The summed E-state index contributed by atoms with van der Waals surface area (Å²) in [5.41, 5.74) is 25.8. The van der Waals surface area contributed by atoms with Crippen LogP contribution in [-0.4, -0.2) is 55.3 Å². The number of para-hydroxylation sites is 4. The van der Waals surface area contributed by atoms with Gasteiger partial charge in [0, 0.05) is 93.2 Å². The van der Waals surface area contributed by atoms with E-state index in [1.54, 1.807) is 0 Å². The van der Waals surface area contributed by atoms with Gasteiger partial charge in [-0.05, 0) is 111 Å². The van der Waals surface area contributed by atoms with E-state index in [1.807, 2.05) is 109 Å². The molecular formula is C105H64N12OS. The van der Waals surface area contributed by atoms with Crippen LogP contribution in [0.15, 0.2) is 391 Å². The first-order valence-electron chi connectivity index (χ1n) is 39.4. The van der Waals surface area contributed by atoms with Crippen molar-refractivity contribution in [3.05, 3.63) is 387 Å². The number of aromatic nitrogens is 10. The first-order valence-corrected chi connectivity index (χ1v) is 40.1. The fourth-order valence-electron chi connectivity index (χ4n) is 16.3. The molecular weight excluding hydrogens is 1480 g/mol. The molecule has 0 atom stereocenters. The Balaban J connectivity index is 0.000000143. The third kappa shape index (κ3) is 13.1. The lowest BCUT2D eigenvalue weighted by Gasteiger charge is -2.13. The normalized spacial score (nSPS) is 11.8. The second-order valence-electron chi connectivity index (χ2n) is 29.4. The highest BCUT2D eigenvalue weighted by Gasteiger charge is 2.22. The van der Waals surface area contributed by atoms with E-state index in [9.17, 15) is 0 Å². The van der Waals surface area contributed by atoms with Crippen molar-refractivity contribution >= 4 is 88.1 Å². The molecule has 119 heavy (non-hydrogen) atoms. The van der Waals surface area contributed by atoms with Crippen LogP contribution in [0.2, 0.25) is 0 Å². The van der Waals surface area contributed by atoms with Crippen LogP contribution < -0.4 is 10.7 Å². The van der Waals surface area contributed by atoms with Crippen molar-refractivity contribution in [2.75, 3.05) is 6.67 Å². The third-order valence-corrected chi connectivity index (χ3v) is 22.8. The van der Waals surface area contributed by atoms with Crippen LogP contribution in [0.5, 0.6) is 0 Å².